The Bertz CT molecular complexity index is 551. The topological polar surface area (TPSA) is 17.8 Å². The minimum atomic E-state index is -0.127. The Morgan fingerprint density at radius 3 is 2.72 bits per heavy atom. The zero-order valence-electron chi connectivity index (χ0n) is 10.7. The van der Waals surface area contributed by atoms with Gasteiger partial charge in [-0.15, -0.1) is 11.6 Å². The summed E-state index contributed by atoms with van der Waals surface area (Å²) in [7, 11) is 0. The summed E-state index contributed by atoms with van der Waals surface area (Å²) in [5.41, 5.74) is 1.90. The van der Waals surface area contributed by atoms with Gasteiger partial charge in [0.25, 0.3) is 0 Å². The van der Waals surface area contributed by atoms with E-state index in [1.54, 1.807) is 0 Å². The lowest BCUT2D eigenvalue weighted by Gasteiger charge is -2.18. The van der Waals surface area contributed by atoms with Crippen molar-refractivity contribution in [3.8, 4) is 0 Å². The van der Waals surface area contributed by atoms with Gasteiger partial charge in [-0.05, 0) is 32.2 Å². The minimum absolute atomic E-state index is 0.127. The third kappa shape index (κ3) is 2.49. The largest absolute Gasteiger partial charge is 0.322 e. The van der Waals surface area contributed by atoms with Crippen LogP contribution in [0.4, 0.5) is 0 Å². The Labute approximate surface area is 122 Å². The molecule has 0 spiro atoms. The number of para-hydroxylation sites is 1. The molecule has 5 heteroatoms. The highest BCUT2D eigenvalue weighted by Crippen LogP contribution is 2.32. The minimum Gasteiger partial charge on any atom is -0.322 e. The van der Waals surface area contributed by atoms with Crippen LogP contribution in [0.1, 0.15) is 31.1 Å². The van der Waals surface area contributed by atoms with Gasteiger partial charge in [0.2, 0.25) is 0 Å². The molecule has 0 radical (unpaired) electrons. The molecule has 1 aromatic heterocycles. The van der Waals surface area contributed by atoms with E-state index >= 15 is 0 Å². The first kappa shape index (κ1) is 14.0. The van der Waals surface area contributed by atoms with E-state index in [2.05, 4.69) is 22.7 Å². The molecular formula is C13H16Cl2N2S. The summed E-state index contributed by atoms with van der Waals surface area (Å²) < 4.78 is 2.17. The lowest BCUT2D eigenvalue weighted by molar-refractivity contribution is 0.593. The van der Waals surface area contributed by atoms with E-state index in [-0.39, 0.29) is 5.38 Å². The lowest BCUT2D eigenvalue weighted by Crippen LogP contribution is -2.12. The van der Waals surface area contributed by atoms with Crippen molar-refractivity contribution in [1.82, 2.24) is 9.55 Å². The second kappa shape index (κ2) is 5.72. The number of imidazole rings is 1. The molecule has 0 aliphatic heterocycles. The number of alkyl halides is 1. The number of thioether (sulfide) groups is 1. The normalized spacial score (nSPS) is 14.9. The Hall–Kier alpha value is -0.380. The molecule has 2 rings (SSSR count). The van der Waals surface area contributed by atoms with Gasteiger partial charge < -0.3 is 4.57 Å². The second-order valence-corrected chi connectivity index (χ2v) is 6.34. The number of halogens is 2. The van der Waals surface area contributed by atoms with Gasteiger partial charge in [0, 0.05) is 11.8 Å². The Morgan fingerprint density at radius 2 is 2.11 bits per heavy atom. The molecule has 98 valence electrons. The van der Waals surface area contributed by atoms with Crippen molar-refractivity contribution in [3.05, 3.63) is 29.0 Å². The van der Waals surface area contributed by atoms with E-state index < -0.39 is 0 Å². The number of aromatic nitrogens is 2. The molecule has 0 saturated heterocycles. The van der Waals surface area contributed by atoms with Crippen LogP contribution in [0.2, 0.25) is 5.02 Å². The molecule has 0 fully saturated rings. The van der Waals surface area contributed by atoms with E-state index in [1.807, 2.05) is 36.9 Å². The summed E-state index contributed by atoms with van der Waals surface area (Å²) in [5.74, 6) is 1.90. The number of fused-ring (bicyclic) bond motifs is 1. The number of nitrogens with zero attached hydrogens (tertiary/aromatic N) is 2. The zero-order valence-corrected chi connectivity index (χ0v) is 13.0. The molecule has 0 saturated carbocycles. The zero-order chi connectivity index (χ0) is 13.3. The highest BCUT2D eigenvalue weighted by atomic mass is 35.5. The maximum atomic E-state index is 6.31. The molecule has 0 bridgehead atoms. The van der Waals surface area contributed by atoms with E-state index in [1.165, 1.54) is 0 Å². The molecule has 0 N–H and O–H groups in total. The molecule has 1 heterocycles. The van der Waals surface area contributed by atoms with Crippen LogP contribution >= 0.6 is 35.0 Å². The number of hydrogen-bond acceptors (Lipinski definition) is 2. The van der Waals surface area contributed by atoms with Gasteiger partial charge in [0.15, 0.2) is 0 Å². The smallest absolute Gasteiger partial charge is 0.128 e. The van der Waals surface area contributed by atoms with Crippen molar-refractivity contribution in [3.63, 3.8) is 0 Å². The number of hydrogen-bond donors (Lipinski definition) is 0. The maximum absolute atomic E-state index is 6.31. The van der Waals surface area contributed by atoms with Crippen LogP contribution in [-0.4, -0.2) is 21.6 Å². The average molecular weight is 303 g/mol. The third-order valence-corrected chi connectivity index (χ3v) is 4.21. The fourth-order valence-electron chi connectivity index (χ4n) is 2.17. The quantitative estimate of drug-likeness (QED) is 0.747. The highest BCUT2D eigenvalue weighted by molar-refractivity contribution is 7.98. The van der Waals surface area contributed by atoms with Crippen LogP contribution in [0, 0.1) is 0 Å². The lowest BCUT2D eigenvalue weighted by atomic mass is 10.3. The maximum Gasteiger partial charge on any atom is 0.128 e. The standard InChI is InChI=1S/C13H16Cl2N2S/c1-8(7-18-3)17-12-10(15)5-4-6-11(12)16-13(17)9(2)14/h4-6,8-9H,7H2,1-3H3. The monoisotopic (exact) mass is 302 g/mol. The Balaban J connectivity index is 2.68. The first-order valence-corrected chi connectivity index (χ1v) is 8.06. The van der Waals surface area contributed by atoms with Gasteiger partial charge in [-0.2, -0.15) is 11.8 Å². The summed E-state index contributed by atoms with van der Waals surface area (Å²) in [4.78, 5) is 4.61. The van der Waals surface area contributed by atoms with E-state index in [4.69, 9.17) is 23.2 Å². The second-order valence-electron chi connectivity index (χ2n) is 4.37. The predicted octanol–water partition coefficient (Wildman–Crippen LogP) is 4.91. The molecule has 2 aromatic rings. The van der Waals surface area contributed by atoms with Gasteiger partial charge in [-0.25, -0.2) is 4.98 Å². The SMILES string of the molecule is CSCC(C)n1c(C(C)Cl)nc2cccc(Cl)c21. The van der Waals surface area contributed by atoms with Gasteiger partial charge >= 0.3 is 0 Å². The summed E-state index contributed by atoms with van der Waals surface area (Å²) >= 11 is 14.4. The van der Waals surface area contributed by atoms with Crippen molar-refractivity contribution in [1.29, 1.82) is 0 Å². The van der Waals surface area contributed by atoms with Crippen LogP contribution in [0.5, 0.6) is 0 Å². The van der Waals surface area contributed by atoms with Crippen molar-refractivity contribution < 1.29 is 0 Å². The van der Waals surface area contributed by atoms with Crippen LogP contribution in [0.25, 0.3) is 11.0 Å². The Morgan fingerprint density at radius 1 is 1.39 bits per heavy atom. The Kier molecular flexibility index (Phi) is 4.46. The van der Waals surface area contributed by atoms with E-state index in [9.17, 15) is 0 Å². The summed E-state index contributed by atoms with van der Waals surface area (Å²) in [6.07, 6.45) is 2.10. The van der Waals surface area contributed by atoms with Gasteiger partial charge in [-0.3, -0.25) is 0 Å². The molecule has 1 aromatic carbocycles. The molecule has 0 aliphatic rings. The molecular weight excluding hydrogens is 287 g/mol. The molecule has 2 atom stereocenters. The van der Waals surface area contributed by atoms with Crippen molar-refractivity contribution in [2.75, 3.05) is 12.0 Å². The molecule has 0 aliphatic carbocycles. The van der Waals surface area contributed by atoms with E-state index in [0.29, 0.717) is 6.04 Å². The van der Waals surface area contributed by atoms with Crippen molar-refractivity contribution in [2.24, 2.45) is 0 Å². The van der Waals surface area contributed by atoms with Crippen LogP contribution in [0.3, 0.4) is 0 Å². The van der Waals surface area contributed by atoms with Gasteiger partial charge in [0.1, 0.15) is 5.82 Å². The molecule has 2 nitrogen and oxygen atoms in total. The average Bonchev–Trinajstić information content (AvgIpc) is 2.70. The number of benzene rings is 1. The van der Waals surface area contributed by atoms with Crippen molar-refractivity contribution >= 4 is 46.0 Å². The highest BCUT2D eigenvalue weighted by Gasteiger charge is 2.20. The summed E-state index contributed by atoms with van der Waals surface area (Å²) in [6.45, 7) is 4.11. The summed E-state index contributed by atoms with van der Waals surface area (Å²) in [6, 6.07) is 6.12. The predicted molar refractivity (Wildman–Crippen MR) is 82.1 cm³/mol. The first-order valence-electron chi connectivity index (χ1n) is 5.85. The van der Waals surface area contributed by atoms with Crippen molar-refractivity contribution in [2.45, 2.75) is 25.3 Å². The van der Waals surface area contributed by atoms with Crippen LogP contribution in [0.15, 0.2) is 18.2 Å². The van der Waals surface area contributed by atoms with Gasteiger partial charge in [0.05, 0.1) is 21.4 Å². The molecule has 0 amide bonds. The summed E-state index contributed by atoms with van der Waals surface area (Å²) in [5, 5.41) is 0.606. The fourth-order valence-corrected chi connectivity index (χ4v) is 3.21. The number of rotatable bonds is 4. The third-order valence-electron chi connectivity index (χ3n) is 2.89. The fraction of sp³-hybridized carbons (Fsp3) is 0.462. The van der Waals surface area contributed by atoms with Gasteiger partial charge in [-0.1, -0.05) is 17.7 Å². The molecule has 18 heavy (non-hydrogen) atoms. The molecule has 2 unspecified atom stereocenters. The van der Waals surface area contributed by atoms with E-state index in [0.717, 1.165) is 27.6 Å². The van der Waals surface area contributed by atoms with Crippen LogP contribution in [-0.2, 0) is 0 Å². The van der Waals surface area contributed by atoms with Crippen LogP contribution < -0.4 is 0 Å². The first-order chi connectivity index (χ1) is 8.56.